The molecule has 18 heavy (non-hydrogen) atoms. The molecule has 0 bridgehead atoms. The van der Waals surface area contributed by atoms with Crippen LogP contribution in [0.3, 0.4) is 0 Å². The van der Waals surface area contributed by atoms with Crippen LogP contribution in [0.15, 0.2) is 24.3 Å². The number of likely N-dealkylation sites (tertiary alicyclic amines) is 1. The van der Waals surface area contributed by atoms with E-state index in [4.69, 9.17) is 18.0 Å². The second-order valence-corrected chi connectivity index (χ2v) is 6.48. The smallest absolute Gasteiger partial charge is 0.103 e. The van der Waals surface area contributed by atoms with Crippen molar-refractivity contribution in [3.63, 3.8) is 0 Å². The molecular weight excluding hydrogens is 240 g/mol. The van der Waals surface area contributed by atoms with Crippen molar-refractivity contribution in [2.75, 3.05) is 13.1 Å². The SMILES string of the molecule is CC1(C)CCCN(Cc2cccc(C(N)=S)c2)C1. The van der Waals surface area contributed by atoms with Crippen molar-refractivity contribution >= 4 is 17.2 Å². The lowest BCUT2D eigenvalue weighted by Crippen LogP contribution is -2.39. The molecule has 1 heterocycles. The van der Waals surface area contributed by atoms with Crippen LogP contribution in [0.4, 0.5) is 0 Å². The maximum absolute atomic E-state index is 5.68. The standard InChI is InChI=1S/C15H22N2S/c1-15(2)7-4-8-17(11-15)10-12-5-3-6-13(9-12)14(16)18/h3,5-6,9H,4,7-8,10-11H2,1-2H3,(H2,16,18). The Morgan fingerprint density at radius 2 is 2.22 bits per heavy atom. The van der Waals surface area contributed by atoms with Gasteiger partial charge < -0.3 is 5.73 Å². The first kappa shape index (κ1) is 13.5. The van der Waals surface area contributed by atoms with Crippen LogP contribution in [0.2, 0.25) is 0 Å². The molecule has 1 fully saturated rings. The zero-order valence-corrected chi connectivity index (χ0v) is 12.1. The first-order chi connectivity index (χ1) is 8.46. The van der Waals surface area contributed by atoms with Gasteiger partial charge >= 0.3 is 0 Å². The fourth-order valence-corrected chi connectivity index (χ4v) is 2.89. The molecule has 1 aromatic carbocycles. The summed E-state index contributed by atoms with van der Waals surface area (Å²) in [7, 11) is 0. The maximum atomic E-state index is 5.68. The molecule has 2 nitrogen and oxygen atoms in total. The summed E-state index contributed by atoms with van der Waals surface area (Å²) in [6, 6.07) is 8.29. The fourth-order valence-electron chi connectivity index (χ4n) is 2.76. The van der Waals surface area contributed by atoms with Crippen molar-refractivity contribution in [2.24, 2.45) is 11.1 Å². The largest absolute Gasteiger partial charge is 0.389 e. The van der Waals surface area contributed by atoms with Gasteiger partial charge in [-0.2, -0.15) is 0 Å². The quantitative estimate of drug-likeness (QED) is 0.849. The molecule has 1 aliphatic heterocycles. The molecule has 3 heteroatoms. The van der Waals surface area contributed by atoms with Gasteiger partial charge in [-0.15, -0.1) is 0 Å². The Labute approximate surface area is 115 Å². The first-order valence-corrected chi connectivity index (χ1v) is 6.98. The van der Waals surface area contributed by atoms with E-state index in [0.29, 0.717) is 10.4 Å². The van der Waals surface area contributed by atoms with E-state index >= 15 is 0 Å². The Bertz CT molecular complexity index is 440. The number of piperidine rings is 1. The molecule has 1 saturated heterocycles. The zero-order valence-electron chi connectivity index (χ0n) is 11.3. The monoisotopic (exact) mass is 262 g/mol. The van der Waals surface area contributed by atoms with Crippen LogP contribution in [0.5, 0.6) is 0 Å². The van der Waals surface area contributed by atoms with Crippen LogP contribution in [0, 0.1) is 5.41 Å². The molecule has 0 spiro atoms. The van der Waals surface area contributed by atoms with Gasteiger partial charge in [0.05, 0.1) is 0 Å². The molecule has 98 valence electrons. The zero-order chi connectivity index (χ0) is 13.2. The second-order valence-electron chi connectivity index (χ2n) is 6.04. The Kier molecular flexibility index (Phi) is 4.03. The van der Waals surface area contributed by atoms with Gasteiger partial charge in [-0.05, 0) is 36.4 Å². The van der Waals surface area contributed by atoms with Crippen LogP contribution < -0.4 is 5.73 Å². The molecule has 0 radical (unpaired) electrons. The van der Waals surface area contributed by atoms with Crippen molar-refractivity contribution < 1.29 is 0 Å². The van der Waals surface area contributed by atoms with Gasteiger partial charge in [-0.25, -0.2) is 0 Å². The molecule has 0 aromatic heterocycles. The van der Waals surface area contributed by atoms with E-state index in [2.05, 4.69) is 30.9 Å². The topological polar surface area (TPSA) is 29.3 Å². The Morgan fingerprint density at radius 1 is 1.44 bits per heavy atom. The van der Waals surface area contributed by atoms with Gasteiger partial charge in [0.15, 0.2) is 0 Å². The number of benzene rings is 1. The number of hydrogen-bond donors (Lipinski definition) is 1. The number of hydrogen-bond acceptors (Lipinski definition) is 2. The lowest BCUT2D eigenvalue weighted by atomic mass is 9.84. The third kappa shape index (κ3) is 3.53. The van der Waals surface area contributed by atoms with Crippen molar-refractivity contribution in [3.8, 4) is 0 Å². The summed E-state index contributed by atoms with van der Waals surface area (Å²) in [6.07, 6.45) is 2.62. The third-order valence-corrected chi connectivity index (χ3v) is 3.83. The molecule has 2 rings (SSSR count). The van der Waals surface area contributed by atoms with Crippen molar-refractivity contribution in [2.45, 2.75) is 33.2 Å². The van der Waals surface area contributed by atoms with E-state index in [1.54, 1.807) is 0 Å². The predicted molar refractivity (Wildman–Crippen MR) is 80.6 cm³/mol. The lowest BCUT2D eigenvalue weighted by molar-refractivity contribution is 0.111. The van der Waals surface area contributed by atoms with Crippen LogP contribution >= 0.6 is 12.2 Å². The summed E-state index contributed by atoms with van der Waals surface area (Å²) in [5, 5.41) is 0. The summed E-state index contributed by atoms with van der Waals surface area (Å²) >= 11 is 5.03. The summed E-state index contributed by atoms with van der Waals surface area (Å²) in [4.78, 5) is 3.01. The van der Waals surface area contributed by atoms with E-state index in [-0.39, 0.29) is 0 Å². The number of nitrogens with zero attached hydrogens (tertiary/aromatic N) is 1. The number of nitrogens with two attached hydrogens (primary N) is 1. The van der Waals surface area contributed by atoms with Gasteiger partial charge in [-0.1, -0.05) is 44.3 Å². The summed E-state index contributed by atoms with van der Waals surface area (Å²) in [5.74, 6) is 0. The Balaban J connectivity index is 2.05. The van der Waals surface area contributed by atoms with Gasteiger partial charge in [0.25, 0.3) is 0 Å². The maximum Gasteiger partial charge on any atom is 0.103 e. The molecule has 0 unspecified atom stereocenters. The molecule has 1 aliphatic rings. The molecule has 0 amide bonds. The van der Waals surface area contributed by atoms with Crippen molar-refractivity contribution in [1.82, 2.24) is 4.90 Å². The summed E-state index contributed by atoms with van der Waals surface area (Å²) in [5.41, 5.74) is 8.39. The predicted octanol–water partition coefficient (Wildman–Crippen LogP) is 2.94. The van der Waals surface area contributed by atoms with Crippen LogP contribution in [0.25, 0.3) is 0 Å². The normalized spacial score (nSPS) is 19.7. The van der Waals surface area contributed by atoms with Gasteiger partial charge in [0.2, 0.25) is 0 Å². The third-order valence-electron chi connectivity index (χ3n) is 3.60. The highest BCUT2D eigenvalue weighted by molar-refractivity contribution is 7.80. The van der Waals surface area contributed by atoms with E-state index < -0.39 is 0 Å². The van der Waals surface area contributed by atoms with Gasteiger partial charge in [0.1, 0.15) is 4.99 Å². The number of thiocarbonyl (C=S) groups is 1. The summed E-state index contributed by atoms with van der Waals surface area (Å²) < 4.78 is 0. The highest BCUT2D eigenvalue weighted by atomic mass is 32.1. The molecular formula is C15H22N2S. The van der Waals surface area contributed by atoms with Crippen LogP contribution in [-0.4, -0.2) is 23.0 Å². The minimum absolute atomic E-state index is 0.443. The highest BCUT2D eigenvalue weighted by Gasteiger charge is 2.26. The van der Waals surface area contributed by atoms with E-state index in [1.165, 1.54) is 31.5 Å². The first-order valence-electron chi connectivity index (χ1n) is 6.57. The molecule has 0 aliphatic carbocycles. The van der Waals surface area contributed by atoms with Crippen molar-refractivity contribution in [3.05, 3.63) is 35.4 Å². The van der Waals surface area contributed by atoms with Gasteiger partial charge in [0, 0.05) is 18.7 Å². The van der Waals surface area contributed by atoms with Crippen molar-refractivity contribution in [1.29, 1.82) is 0 Å². The average Bonchev–Trinajstić information content (AvgIpc) is 2.28. The highest BCUT2D eigenvalue weighted by Crippen LogP contribution is 2.29. The molecule has 0 atom stereocenters. The molecule has 1 aromatic rings. The Hall–Kier alpha value is -0.930. The van der Waals surface area contributed by atoms with Gasteiger partial charge in [-0.3, -0.25) is 4.90 Å². The minimum atomic E-state index is 0.443. The summed E-state index contributed by atoms with van der Waals surface area (Å²) in [6.45, 7) is 8.07. The molecule has 2 N–H and O–H groups in total. The number of rotatable bonds is 3. The minimum Gasteiger partial charge on any atom is -0.389 e. The second kappa shape index (κ2) is 5.37. The van der Waals surface area contributed by atoms with E-state index in [0.717, 1.165) is 12.1 Å². The average molecular weight is 262 g/mol. The van der Waals surface area contributed by atoms with Crippen LogP contribution in [-0.2, 0) is 6.54 Å². The van der Waals surface area contributed by atoms with E-state index in [9.17, 15) is 0 Å². The lowest BCUT2D eigenvalue weighted by Gasteiger charge is -2.38. The van der Waals surface area contributed by atoms with E-state index in [1.807, 2.05) is 12.1 Å². The van der Waals surface area contributed by atoms with Crippen LogP contribution in [0.1, 0.15) is 37.8 Å². The Morgan fingerprint density at radius 3 is 2.89 bits per heavy atom. The molecule has 0 saturated carbocycles. The fraction of sp³-hybridized carbons (Fsp3) is 0.533.